The zero-order valence-corrected chi connectivity index (χ0v) is 6.13. The molecule has 52 valence electrons. The van der Waals surface area contributed by atoms with Crippen LogP contribution in [0.5, 0.6) is 0 Å². The zero-order valence-electron chi connectivity index (χ0n) is 6.13. The van der Waals surface area contributed by atoms with Crippen molar-refractivity contribution in [1.29, 1.82) is 0 Å². The van der Waals surface area contributed by atoms with Crippen molar-refractivity contribution in [2.24, 2.45) is 5.92 Å². The number of hydrogen-bond acceptors (Lipinski definition) is 1. The van der Waals surface area contributed by atoms with Crippen molar-refractivity contribution in [3.05, 3.63) is 12.2 Å². The lowest BCUT2D eigenvalue weighted by Crippen LogP contribution is -1.91. The summed E-state index contributed by atoms with van der Waals surface area (Å²) in [7, 11) is 0. The van der Waals surface area contributed by atoms with Crippen molar-refractivity contribution in [2.75, 3.05) is 0 Å². The molecule has 0 radical (unpaired) electrons. The summed E-state index contributed by atoms with van der Waals surface area (Å²) in [5, 5.41) is 0. The molecule has 0 N–H and O–H groups in total. The van der Waals surface area contributed by atoms with Gasteiger partial charge in [-0.2, -0.15) is 0 Å². The van der Waals surface area contributed by atoms with Gasteiger partial charge in [0.1, 0.15) is 6.29 Å². The van der Waals surface area contributed by atoms with Crippen molar-refractivity contribution in [2.45, 2.75) is 26.7 Å². The van der Waals surface area contributed by atoms with E-state index in [2.05, 4.69) is 13.0 Å². The topological polar surface area (TPSA) is 17.1 Å². The molecule has 0 saturated heterocycles. The van der Waals surface area contributed by atoms with Gasteiger partial charge in [-0.15, -0.1) is 0 Å². The lowest BCUT2D eigenvalue weighted by molar-refractivity contribution is -0.108. The fourth-order valence-electron chi connectivity index (χ4n) is 0.629. The fourth-order valence-corrected chi connectivity index (χ4v) is 0.629. The molecule has 9 heavy (non-hydrogen) atoms. The first-order valence-electron chi connectivity index (χ1n) is 3.36. The largest absolute Gasteiger partial charge is 0.303 e. The normalized spacial score (nSPS) is 14.0. The lowest BCUT2D eigenvalue weighted by atomic mass is 10.1. The Morgan fingerprint density at radius 2 is 2.11 bits per heavy atom. The quantitative estimate of drug-likeness (QED) is 0.417. The molecule has 0 spiro atoms. The van der Waals surface area contributed by atoms with Crippen LogP contribution in [-0.4, -0.2) is 6.29 Å². The monoisotopic (exact) mass is 126 g/mol. The van der Waals surface area contributed by atoms with E-state index >= 15 is 0 Å². The minimum absolute atomic E-state index is 0.513. The first-order valence-corrected chi connectivity index (χ1v) is 3.36. The maximum absolute atomic E-state index is 9.95. The van der Waals surface area contributed by atoms with Gasteiger partial charge in [-0.1, -0.05) is 19.1 Å². The molecule has 0 aromatic rings. The van der Waals surface area contributed by atoms with E-state index < -0.39 is 0 Å². The van der Waals surface area contributed by atoms with Crippen molar-refractivity contribution in [3.8, 4) is 0 Å². The van der Waals surface area contributed by atoms with Crippen LogP contribution in [0.4, 0.5) is 0 Å². The molecule has 0 aromatic heterocycles. The molecule has 0 heterocycles. The van der Waals surface area contributed by atoms with Gasteiger partial charge in [-0.3, -0.25) is 0 Å². The lowest BCUT2D eigenvalue weighted by Gasteiger charge is -2.00. The molecule has 0 aliphatic heterocycles. The predicted octanol–water partition coefficient (Wildman–Crippen LogP) is 2.18. The van der Waals surface area contributed by atoms with E-state index in [1.54, 1.807) is 0 Å². The highest BCUT2D eigenvalue weighted by atomic mass is 16.1. The van der Waals surface area contributed by atoms with Crippen LogP contribution in [0.2, 0.25) is 0 Å². The SMILES string of the molecule is CC=CCC(C)CC=O. The van der Waals surface area contributed by atoms with Crippen LogP contribution in [0.25, 0.3) is 0 Å². The van der Waals surface area contributed by atoms with E-state index in [4.69, 9.17) is 0 Å². The Kier molecular flexibility index (Phi) is 5.18. The molecule has 0 aliphatic rings. The molecule has 0 bridgehead atoms. The molecular weight excluding hydrogens is 112 g/mol. The Labute approximate surface area is 56.8 Å². The third-order valence-corrected chi connectivity index (χ3v) is 1.27. The molecule has 1 unspecified atom stereocenters. The van der Waals surface area contributed by atoms with Gasteiger partial charge < -0.3 is 4.79 Å². The van der Waals surface area contributed by atoms with Gasteiger partial charge in [0.15, 0.2) is 0 Å². The molecule has 0 amide bonds. The number of carbonyl (C=O) groups is 1. The summed E-state index contributed by atoms with van der Waals surface area (Å²) in [6.07, 6.45) is 6.79. The summed E-state index contributed by atoms with van der Waals surface area (Å²) in [4.78, 5) is 9.95. The minimum atomic E-state index is 0.513. The Morgan fingerprint density at radius 1 is 1.44 bits per heavy atom. The van der Waals surface area contributed by atoms with Crippen LogP contribution in [0.3, 0.4) is 0 Å². The van der Waals surface area contributed by atoms with Crippen molar-refractivity contribution in [1.82, 2.24) is 0 Å². The smallest absolute Gasteiger partial charge is 0.120 e. The predicted molar refractivity (Wildman–Crippen MR) is 39.3 cm³/mol. The standard InChI is InChI=1S/C8H14O/c1-3-4-5-8(2)6-7-9/h3-4,7-8H,5-6H2,1-2H3. The van der Waals surface area contributed by atoms with Crippen LogP contribution in [-0.2, 0) is 4.79 Å². The number of hydrogen-bond donors (Lipinski definition) is 0. The summed E-state index contributed by atoms with van der Waals surface area (Å²) in [6.45, 7) is 4.07. The van der Waals surface area contributed by atoms with E-state index in [0.29, 0.717) is 12.3 Å². The van der Waals surface area contributed by atoms with Gasteiger partial charge in [0.25, 0.3) is 0 Å². The highest BCUT2D eigenvalue weighted by Crippen LogP contribution is 2.04. The maximum Gasteiger partial charge on any atom is 0.120 e. The van der Waals surface area contributed by atoms with Crippen molar-refractivity contribution >= 4 is 6.29 Å². The van der Waals surface area contributed by atoms with Gasteiger partial charge >= 0.3 is 0 Å². The fraction of sp³-hybridized carbons (Fsp3) is 0.625. The maximum atomic E-state index is 9.95. The van der Waals surface area contributed by atoms with Crippen LogP contribution < -0.4 is 0 Å². The van der Waals surface area contributed by atoms with Gasteiger partial charge in [0, 0.05) is 6.42 Å². The van der Waals surface area contributed by atoms with E-state index in [0.717, 1.165) is 12.7 Å². The van der Waals surface area contributed by atoms with E-state index in [-0.39, 0.29) is 0 Å². The van der Waals surface area contributed by atoms with Crippen LogP contribution in [0.1, 0.15) is 26.7 Å². The molecular formula is C8H14O. The Balaban J connectivity index is 3.25. The Hall–Kier alpha value is -0.590. The summed E-state index contributed by atoms with van der Waals surface area (Å²) in [5.74, 6) is 0.513. The number of allylic oxidation sites excluding steroid dienone is 2. The van der Waals surface area contributed by atoms with Gasteiger partial charge in [-0.05, 0) is 19.3 Å². The first kappa shape index (κ1) is 8.41. The summed E-state index contributed by atoms with van der Waals surface area (Å²) >= 11 is 0. The third kappa shape index (κ3) is 5.28. The molecule has 0 aliphatic carbocycles. The average molecular weight is 126 g/mol. The van der Waals surface area contributed by atoms with E-state index in [1.165, 1.54) is 0 Å². The summed E-state index contributed by atoms with van der Waals surface area (Å²) in [5.41, 5.74) is 0. The molecule has 1 nitrogen and oxygen atoms in total. The molecule has 0 saturated carbocycles. The average Bonchev–Trinajstić information content (AvgIpc) is 1.85. The summed E-state index contributed by atoms with van der Waals surface area (Å²) < 4.78 is 0. The van der Waals surface area contributed by atoms with Gasteiger partial charge in [0.2, 0.25) is 0 Å². The van der Waals surface area contributed by atoms with Crippen LogP contribution in [0, 0.1) is 5.92 Å². The second-order valence-corrected chi connectivity index (χ2v) is 2.31. The van der Waals surface area contributed by atoms with E-state index in [9.17, 15) is 4.79 Å². The molecule has 1 heteroatoms. The summed E-state index contributed by atoms with van der Waals surface area (Å²) in [6, 6.07) is 0. The van der Waals surface area contributed by atoms with E-state index in [1.807, 2.05) is 13.0 Å². The highest BCUT2D eigenvalue weighted by molar-refractivity contribution is 5.49. The van der Waals surface area contributed by atoms with Gasteiger partial charge in [0.05, 0.1) is 0 Å². The second-order valence-electron chi connectivity index (χ2n) is 2.31. The minimum Gasteiger partial charge on any atom is -0.303 e. The Bertz CT molecular complexity index is 94.7. The third-order valence-electron chi connectivity index (χ3n) is 1.27. The second kappa shape index (κ2) is 5.54. The van der Waals surface area contributed by atoms with Crippen LogP contribution in [0.15, 0.2) is 12.2 Å². The van der Waals surface area contributed by atoms with Crippen molar-refractivity contribution in [3.63, 3.8) is 0 Å². The van der Waals surface area contributed by atoms with Crippen LogP contribution >= 0.6 is 0 Å². The number of aldehydes is 1. The Morgan fingerprint density at radius 3 is 2.56 bits per heavy atom. The highest BCUT2D eigenvalue weighted by Gasteiger charge is 1.95. The number of carbonyl (C=O) groups excluding carboxylic acids is 1. The van der Waals surface area contributed by atoms with Crippen molar-refractivity contribution < 1.29 is 4.79 Å². The number of rotatable bonds is 4. The van der Waals surface area contributed by atoms with Gasteiger partial charge in [-0.25, -0.2) is 0 Å². The molecule has 0 rings (SSSR count). The molecule has 1 atom stereocenters. The molecule has 0 fully saturated rings. The first-order chi connectivity index (χ1) is 4.31. The zero-order chi connectivity index (χ0) is 7.11. The molecule has 0 aromatic carbocycles.